The number of rotatable bonds is 3. The number of barbiturate groups is 1. The van der Waals surface area contributed by atoms with E-state index in [1.54, 1.807) is 0 Å². The third-order valence-electron chi connectivity index (χ3n) is 4.07. The minimum absolute atomic E-state index is 0.362. The zero-order chi connectivity index (χ0) is 13.1. The van der Waals surface area contributed by atoms with E-state index < -0.39 is 17.9 Å². The standard InChI is InChI=1S/C13H20N2O3/c1-15-12(17)10(11(16)14-13(15)18)8-7-9-5-3-2-4-6-9/h9-10H,2-8H2,1H3,(H,14,16,18). The summed E-state index contributed by atoms with van der Waals surface area (Å²) in [7, 11) is 1.41. The Morgan fingerprint density at radius 1 is 1.11 bits per heavy atom. The van der Waals surface area contributed by atoms with Gasteiger partial charge in [0.05, 0.1) is 0 Å². The van der Waals surface area contributed by atoms with Crippen molar-refractivity contribution in [3.63, 3.8) is 0 Å². The number of carbonyl (C=O) groups is 3. The first-order chi connectivity index (χ1) is 8.59. The average Bonchev–Trinajstić information content (AvgIpc) is 2.37. The molecule has 0 bridgehead atoms. The zero-order valence-corrected chi connectivity index (χ0v) is 10.8. The van der Waals surface area contributed by atoms with Crippen molar-refractivity contribution in [2.75, 3.05) is 7.05 Å². The Bertz CT molecular complexity index is 361. The molecule has 5 heteroatoms. The Morgan fingerprint density at radius 2 is 1.78 bits per heavy atom. The number of imide groups is 2. The summed E-state index contributed by atoms with van der Waals surface area (Å²) < 4.78 is 0. The third-order valence-corrected chi connectivity index (χ3v) is 4.07. The lowest BCUT2D eigenvalue weighted by atomic mass is 9.83. The number of carbonyl (C=O) groups excluding carboxylic acids is 3. The van der Waals surface area contributed by atoms with Crippen LogP contribution in [0.3, 0.4) is 0 Å². The van der Waals surface area contributed by atoms with E-state index >= 15 is 0 Å². The largest absolute Gasteiger partial charge is 0.330 e. The van der Waals surface area contributed by atoms with Crippen molar-refractivity contribution in [2.24, 2.45) is 11.8 Å². The van der Waals surface area contributed by atoms with Gasteiger partial charge in [0.15, 0.2) is 0 Å². The molecule has 0 spiro atoms. The molecule has 0 aromatic rings. The van der Waals surface area contributed by atoms with Gasteiger partial charge in [-0.25, -0.2) is 4.79 Å². The molecule has 0 radical (unpaired) electrons. The predicted octanol–water partition coefficient (Wildman–Crippen LogP) is 1.67. The molecule has 100 valence electrons. The second kappa shape index (κ2) is 5.50. The molecule has 0 aromatic heterocycles. The molecule has 1 saturated heterocycles. The van der Waals surface area contributed by atoms with Crippen LogP contribution in [0.2, 0.25) is 0 Å². The molecule has 1 heterocycles. The number of hydrogen-bond donors (Lipinski definition) is 1. The fourth-order valence-electron chi connectivity index (χ4n) is 2.86. The minimum atomic E-state index is -0.672. The van der Waals surface area contributed by atoms with Crippen molar-refractivity contribution < 1.29 is 14.4 Å². The van der Waals surface area contributed by atoms with Crippen LogP contribution in [0.1, 0.15) is 44.9 Å². The first-order valence-corrected chi connectivity index (χ1v) is 6.72. The van der Waals surface area contributed by atoms with E-state index in [2.05, 4.69) is 5.32 Å². The van der Waals surface area contributed by atoms with Gasteiger partial charge in [-0.3, -0.25) is 19.8 Å². The molecule has 1 saturated carbocycles. The first kappa shape index (κ1) is 13.1. The zero-order valence-electron chi connectivity index (χ0n) is 10.8. The Balaban J connectivity index is 1.89. The van der Waals surface area contributed by atoms with E-state index in [-0.39, 0.29) is 5.91 Å². The molecule has 4 amide bonds. The Kier molecular flexibility index (Phi) is 3.99. The van der Waals surface area contributed by atoms with E-state index in [0.29, 0.717) is 12.3 Å². The lowest BCUT2D eigenvalue weighted by Gasteiger charge is -2.29. The Labute approximate surface area is 107 Å². The molecule has 2 fully saturated rings. The molecule has 0 aromatic carbocycles. The summed E-state index contributed by atoms with van der Waals surface area (Å²) in [4.78, 5) is 35.8. The molecule has 1 N–H and O–H groups in total. The third kappa shape index (κ3) is 2.71. The van der Waals surface area contributed by atoms with Crippen molar-refractivity contribution in [1.82, 2.24) is 10.2 Å². The Hall–Kier alpha value is -1.39. The van der Waals surface area contributed by atoms with Gasteiger partial charge in [-0.2, -0.15) is 0 Å². The summed E-state index contributed by atoms with van der Waals surface area (Å²) in [5, 5.41) is 2.22. The number of urea groups is 1. The van der Waals surface area contributed by atoms with Gasteiger partial charge in [0.2, 0.25) is 11.8 Å². The quantitative estimate of drug-likeness (QED) is 0.777. The average molecular weight is 252 g/mol. The molecule has 2 aliphatic rings. The second-order valence-corrected chi connectivity index (χ2v) is 5.33. The van der Waals surface area contributed by atoms with Crippen LogP contribution >= 0.6 is 0 Å². The number of amides is 4. The van der Waals surface area contributed by atoms with Gasteiger partial charge >= 0.3 is 6.03 Å². The molecule has 1 aliphatic carbocycles. The Morgan fingerprint density at radius 3 is 2.44 bits per heavy atom. The topological polar surface area (TPSA) is 66.5 Å². The molecular weight excluding hydrogens is 232 g/mol. The molecular formula is C13H20N2O3. The van der Waals surface area contributed by atoms with Crippen LogP contribution < -0.4 is 5.32 Å². The van der Waals surface area contributed by atoms with Gasteiger partial charge < -0.3 is 0 Å². The number of nitrogens with one attached hydrogen (secondary N) is 1. The molecule has 18 heavy (non-hydrogen) atoms. The van der Waals surface area contributed by atoms with E-state index in [4.69, 9.17) is 0 Å². The monoisotopic (exact) mass is 252 g/mol. The highest BCUT2D eigenvalue weighted by Crippen LogP contribution is 2.29. The lowest BCUT2D eigenvalue weighted by molar-refractivity contribution is -0.142. The molecule has 1 unspecified atom stereocenters. The molecule has 1 aliphatic heterocycles. The van der Waals surface area contributed by atoms with Crippen molar-refractivity contribution in [1.29, 1.82) is 0 Å². The van der Waals surface area contributed by atoms with Crippen LogP contribution in [0, 0.1) is 11.8 Å². The smallest absolute Gasteiger partial charge is 0.277 e. The maximum absolute atomic E-state index is 11.9. The van der Waals surface area contributed by atoms with Gasteiger partial charge in [-0.1, -0.05) is 32.1 Å². The lowest BCUT2D eigenvalue weighted by Crippen LogP contribution is -2.56. The van der Waals surface area contributed by atoms with Crippen LogP contribution in [-0.4, -0.2) is 29.8 Å². The van der Waals surface area contributed by atoms with Crippen LogP contribution in [0.5, 0.6) is 0 Å². The van der Waals surface area contributed by atoms with E-state index in [1.807, 2.05) is 0 Å². The maximum atomic E-state index is 11.9. The van der Waals surface area contributed by atoms with Crippen LogP contribution in [0.4, 0.5) is 4.79 Å². The number of nitrogens with zero attached hydrogens (tertiary/aromatic N) is 1. The molecule has 5 nitrogen and oxygen atoms in total. The van der Waals surface area contributed by atoms with Crippen molar-refractivity contribution in [3.05, 3.63) is 0 Å². The van der Waals surface area contributed by atoms with Crippen LogP contribution in [0.25, 0.3) is 0 Å². The van der Waals surface area contributed by atoms with Gasteiger partial charge in [0, 0.05) is 7.05 Å². The van der Waals surface area contributed by atoms with Gasteiger partial charge in [0.1, 0.15) is 5.92 Å². The van der Waals surface area contributed by atoms with E-state index in [0.717, 1.165) is 11.3 Å². The summed E-state index contributed by atoms with van der Waals surface area (Å²) in [6.07, 6.45) is 7.70. The van der Waals surface area contributed by atoms with Gasteiger partial charge in [-0.05, 0) is 18.8 Å². The normalized spacial score (nSPS) is 26.4. The summed E-state index contributed by atoms with van der Waals surface area (Å²) in [6, 6.07) is -0.612. The summed E-state index contributed by atoms with van der Waals surface area (Å²) in [6.45, 7) is 0. The SMILES string of the molecule is CN1C(=O)NC(=O)C(CCC2CCCCC2)C1=O. The van der Waals surface area contributed by atoms with Crippen LogP contribution in [-0.2, 0) is 9.59 Å². The minimum Gasteiger partial charge on any atom is -0.277 e. The van der Waals surface area contributed by atoms with Gasteiger partial charge in [0.25, 0.3) is 0 Å². The van der Waals surface area contributed by atoms with Crippen molar-refractivity contribution in [3.8, 4) is 0 Å². The van der Waals surface area contributed by atoms with Crippen molar-refractivity contribution in [2.45, 2.75) is 44.9 Å². The first-order valence-electron chi connectivity index (χ1n) is 6.72. The summed E-state index contributed by atoms with van der Waals surface area (Å²) >= 11 is 0. The summed E-state index contributed by atoms with van der Waals surface area (Å²) in [5.74, 6) is -0.824. The number of hydrogen-bond acceptors (Lipinski definition) is 3. The highest BCUT2D eigenvalue weighted by atomic mass is 16.2. The predicted molar refractivity (Wildman–Crippen MR) is 65.6 cm³/mol. The second-order valence-electron chi connectivity index (χ2n) is 5.33. The highest BCUT2D eigenvalue weighted by molar-refractivity contribution is 6.15. The highest BCUT2D eigenvalue weighted by Gasteiger charge is 2.38. The fourth-order valence-corrected chi connectivity index (χ4v) is 2.86. The van der Waals surface area contributed by atoms with Gasteiger partial charge in [-0.15, -0.1) is 0 Å². The maximum Gasteiger partial charge on any atom is 0.330 e. The summed E-state index contributed by atoms with van der Waals surface area (Å²) in [5.41, 5.74) is 0. The fraction of sp³-hybridized carbons (Fsp3) is 0.769. The van der Waals surface area contributed by atoms with Crippen LogP contribution in [0.15, 0.2) is 0 Å². The van der Waals surface area contributed by atoms with Crippen molar-refractivity contribution >= 4 is 17.8 Å². The van der Waals surface area contributed by atoms with E-state index in [9.17, 15) is 14.4 Å². The molecule has 2 rings (SSSR count). The molecule has 1 atom stereocenters. The van der Waals surface area contributed by atoms with E-state index in [1.165, 1.54) is 39.2 Å².